The van der Waals surface area contributed by atoms with Crippen LogP contribution in [0.5, 0.6) is 0 Å². The van der Waals surface area contributed by atoms with Crippen LogP contribution in [-0.2, 0) is 22.6 Å². The molecule has 9 nitrogen and oxygen atoms in total. The summed E-state index contributed by atoms with van der Waals surface area (Å²) in [6, 6.07) is 7.83. The van der Waals surface area contributed by atoms with Crippen LogP contribution < -0.4 is 5.32 Å². The number of carboxylic acids is 1. The van der Waals surface area contributed by atoms with Crippen molar-refractivity contribution in [3.8, 4) is 0 Å². The molecule has 0 aliphatic carbocycles. The molecule has 0 fully saturated rings. The summed E-state index contributed by atoms with van der Waals surface area (Å²) in [6.07, 6.45) is 1.28. The van der Waals surface area contributed by atoms with Gasteiger partial charge in [-0.2, -0.15) is 0 Å². The van der Waals surface area contributed by atoms with Crippen LogP contribution in [0.1, 0.15) is 11.4 Å². The smallest absolute Gasteiger partial charge is 0.381 e. The van der Waals surface area contributed by atoms with Gasteiger partial charge in [-0.25, -0.2) is 4.79 Å². The third kappa shape index (κ3) is 4.38. The highest BCUT2D eigenvalue weighted by atomic mass is 16.6. The lowest BCUT2D eigenvalue weighted by Gasteiger charge is -2.14. The Morgan fingerprint density at radius 1 is 1.38 bits per heavy atom. The predicted octanol–water partition coefficient (Wildman–Crippen LogP) is 0.912. The van der Waals surface area contributed by atoms with Crippen molar-refractivity contribution in [3.63, 3.8) is 0 Å². The normalized spacial score (nSPS) is 11.7. The molecule has 2 N–H and O–H groups in total. The fraction of sp³-hybridized carbons (Fsp3) is 0.267. The van der Waals surface area contributed by atoms with Crippen molar-refractivity contribution < 1.29 is 19.6 Å². The quantitative estimate of drug-likeness (QED) is 0.573. The number of hydrogen-bond acceptors (Lipinski definition) is 5. The van der Waals surface area contributed by atoms with Crippen LogP contribution in [0.15, 0.2) is 36.5 Å². The number of carboxylic acid groups (broad SMARTS) is 1. The summed E-state index contributed by atoms with van der Waals surface area (Å²) in [4.78, 5) is 37.1. The summed E-state index contributed by atoms with van der Waals surface area (Å²) in [5.41, 5.74) is 0.777. The molecule has 0 spiro atoms. The lowest BCUT2D eigenvalue weighted by atomic mass is 10.1. The van der Waals surface area contributed by atoms with Gasteiger partial charge in [0.2, 0.25) is 11.7 Å². The Morgan fingerprint density at radius 3 is 2.58 bits per heavy atom. The second-order valence-electron chi connectivity index (χ2n) is 5.18. The Labute approximate surface area is 137 Å². The largest absolute Gasteiger partial charge is 0.480 e. The van der Waals surface area contributed by atoms with Gasteiger partial charge in [0, 0.05) is 13.3 Å². The summed E-state index contributed by atoms with van der Waals surface area (Å²) in [6.45, 7) is 1.28. The van der Waals surface area contributed by atoms with Gasteiger partial charge in [-0.3, -0.25) is 9.36 Å². The summed E-state index contributed by atoms with van der Waals surface area (Å²) in [5.74, 6) is -1.78. The second-order valence-corrected chi connectivity index (χ2v) is 5.18. The van der Waals surface area contributed by atoms with Gasteiger partial charge >= 0.3 is 11.8 Å². The lowest BCUT2D eigenvalue weighted by Crippen LogP contribution is -2.43. The number of rotatable bonds is 7. The number of benzene rings is 1. The molecular weight excluding hydrogens is 316 g/mol. The number of aliphatic carboxylic acids is 1. The summed E-state index contributed by atoms with van der Waals surface area (Å²) in [5, 5.41) is 22.4. The number of aromatic nitrogens is 2. The fourth-order valence-corrected chi connectivity index (χ4v) is 2.18. The topological polar surface area (TPSA) is 127 Å². The molecule has 0 aliphatic rings. The van der Waals surface area contributed by atoms with Gasteiger partial charge in [-0.15, -0.1) is 0 Å². The molecule has 0 unspecified atom stereocenters. The highest BCUT2D eigenvalue weighted by Gasteiger charge is 2.22. The van der Waals surface area contributed by atoms with Crippen LogP contribution >= 0.6 is 0 Å². The minimum absolute atomic E-state index is 0.144. The van der Waals surface area contributed by atoms with Gasteiger partial charge in [-0.05, 0) is 15.5 Å². The van der Waals surface area contributed by atoms with E-state index in [1.54, 1.807) is 24.3 Å². The van der Waals surface area contributed by atoms with Crippen LogP contribution in [-0.4, -0.2) is 37.5 Å². The highest BCUT2D eigenvalue weighted by molar-refractivity contribution is 5.83. The van der Waals surface area contributed by atoms with Gasteiger partial charge in [0.25, 0.3) is 0 Å². The first kappa shape index (κ1) is 17.1. The molecule has 1 aromatic heterocycles. The molecule has 0 saturated heterocycles. The number of nitrogens with zero attached hydrogens (tertiary/aromatic N) is 3. The van der Waals surface area contributed by atoms with E-state index in [9.17, 15) is 24.8 Å². The minimum Gasteiger partial charge on any atom is -0.480 e. The average molecular weight is 332 g/mol. The first-order valence-corrected chi connectivity index (χ1v) is 7.11. The Hall–Kier alpha value is -3.23. The Kier molecular flexibility index (Phi) is 5.25. The zero-order valence-corrected chi connectivity index (χ0v) is 12.9. The minimum atomic E-state index is -1.15. The zero-order valence-electron chi connectivity index (χ0n) is 12.9. The van der Waals surface area contributed by atoms with Gasteiger partial charge in [-0.1, -0.05) is 30.3 Å². The maximum absolute atomic E-state index is 12.1. The van der Waals surface area contributed by atoms with E-state index >= 15 is 0 Å². The van der Waals surface area contributed by atoms with Crippen LogP contribution in [0.4, 0.5) is 5.82 Å². The summed E-state index contributed by atoms with van der Waals surface area (Å²) < 4.78 is 1.30. The molecule has 1 aromatic carbocycles. The van der Waals surface area contributed by atoms with Crippen molar-refractivity contribution in [1.29, 1.82) is 0 Å². The molecule has 1 amide bonds. The number of carbonyl (C=O) groups is 2. The van der Waals surface area contributed by atoms with E-state index in [4.69, 9.17) is 0 Å². The average Bonchev–Trinajstić information content (AvgIpc) is 2.89. The third-order valence-electron chi connectivity index (χ3n) is 3.38. The predicted molar refractivity (Wildman–Crippen MR) is 83.3 cm³/mol. The van der Waals surface area contributed by atoms with E-state index in [1.807, 2.05) is 6.07 Å². The van der Waals surface area contributed by atoms with E-state index in [1.165, 1.54) is 11.5 Å². The number of aryl methyl sites for hydroxylation is 1. The maximum Gasteiger partial charge on any atom is 0.381 e. The molecular formula is C15H16N4O5. The van der Waals surface area contributed by atoms with Crippen molar-refractivity contribution in [1.82, 2.24) is 14.9 Å². The van der Waals surface area contributed by atoms with Crippen molar-refractivity contribution in [2.75, 3.05) is 0 Å². The summed E-state index contributed by atoms with van der Waals surface area (Å²) >= 11 is 0. The number of hydrogen-bond donors (Lipinski definition) is 2. The third-order valence-corrected chi connectivity index (χ3v) is 3.38. The monoisotopic (exact) mass is 332 g/mol. The molecule has 2 rings (SSSR count). The molecule has 1 heterocycles. The second kappa shape index (κ2) is 7.36. The fourth-order valence-electron chi connectivity index (χ4n) is 2.18. The molecule has 1 atom stereocenters. The van der Waals surface area contributed by atoms with Crippen LogP contribution in [0, 0.1) is 17.0 Å². The number of imidazole rings is 1. The van der Waals surface area contributed by atoms with Crippen LogP contribution in [0.25, 0.3) is 0 Å². The molecule has 126 valence electrons. The van der Waals surface area contributed by atoms with Crippen molar-refractivity contribution >= 4 is 17.7 Å². The first-order valence-electron chi connectivity index (χ1n) is 7.11. The van der Waals surface area contributed by atoms with Gasteiger partial charge in [0.05, 0.1) is 0 Å². The molecule has 2 aromatic rings. The van der Waals surface area contributed by atoms with Crippen LogP contribution in [0.3, 0.4) is 0 Å². The van der Waals surface area contributed by atoms with Crippen LogP contribution in [0.2, 0.25) is 0 Å². The number of carbonyl (C=O) groups excluding carboxylic acids is 1. The van der Waals surface area contributed by atoms with E-state index in [2.05, 4.69) is 10.3 Å². The zero-order chi connectivity index (χ0) is 17.7. The van der Waals surface area contributed by atoms with E-state index < -0.39 is 22.8 Å². The molecule has 0 saturated carbocycles. The van der Waals surface area contributed by atoms with Gasteiger partial charge < -0.3 is 20.5 Å². The Bertz CT molecular complexity index is 756. The Morgan fingerprint density at radius 2 is 2.04 bits per heavy atom. The molecule has 0 bridgehead atoms. The van der Waals surface area contributed by atoms with E-state index in [-0.39, 0.29) is 18.8 Å². The molecule has 0 radical (unpaired) electrons. The number of amides is 1. The van der Waals surface area contributed by atoms with E-state index in [0.29, 0.717) is 5.82 Å². The SMILES string of the molecule is Cc1nc([N+](=O)[O-])cn1CC(=O)N[C@H](Cc1ccccc1)C(=O)O. The number of nitro groups is 1. The molecule has 24 heavy (non-hydrogen) atoms. The van der Waals surface area contributed by atoms with E-state index in [0.717, 1.165) is 11.8 Å². The molecule has 0 aliphatic heterocycles. The number of nitrogens with one attached hydrogen (secondary N) is 1. The van der Waals surface area contributed by atoms with Gasteiger partial charge in [0.15, 0.2) is 0 Å². The highest BCUT2D eigenvalue weighted by Crippen LogP contribution is 2.10. The Balaban J connectivity index is 2.03. The molecule has 9 heteroatoms. The van der Waals surface area contributed by atoms with Crippen molar-refractivity contribution in [2.45, 2.75) is 25.9 Å². The van der Waals surface area contributed by atoms with Crippen molar-refractivity contribution in [3.05, 3.63) is 58.0 Å². The van der Waals surface area contributed by atoms with Gasteiger partial charge in [0.1, 0.15) is 18.8 Å². The first-order chi connectivity index (χ1) is 11.4. The summed E-state index contributed by atoms with van der Waals surface area (Å²) in [7, 11) is 0. The lowest BCUT2D eigenvalue weighted by molar-refractivity contribution is -0.389. The van der Waals surface area contributed by atoms with Crippen molar-refractivity contribution in [2.24, 2.45) is 0 Å². The standard InChI is InChI=1S/C15H16N4O5/c1-10-16-13(19(23)24)8-18(10)9-14(20)17-12(15(21)22)7-11-5-3-2-4-6-11/h2-6,8,12H,7,9H2,1H3,(H,17,20)(H,21,22)/t12-/m1/s1. The maximum atomic E-state index is 12.1.